The van der Waals surface area contributed by atoms with Crippen molar-refractivity contribution in [1.29, 1.82) is 0 Å². The van der Waals surface area contributed by atoms with Gasteiger partial charge >= 0.3 is 7.60 Å². The standard InChI is InChI=1S/C11H24NO3PS/c1-5-14-16(13,15-6-2)9-11(10(3)4)17-8-7-12/h5-9,12H2,1-4H3. The Morgan fingerprint density at radius 2 is 1.76 bits per heavy atom. The molecule has 0 amide bonds. The Morgan fingerprint density at radius 1 is 1.24 bits per heavy atom. The molecule has 0 aliphatic rings. The predicted molar refractivity (Wildman–Crippen MR) is 75.6 cm³/mol. The van der Waals surface area contributed by atoms with Crippen LogP contribution in [0.2, 0.25) is 0 Å². The molecule has 0 atom stereocenters. The largest absolute Gasteiger partial charge is 0.335 e. The third kappa shape index (κ3) is 7.27. The van der Waals surface area contributed by atoms with E-state index >= 15 is 0 Å². The maximum absolute atomic E-state index is 12.4. The van der Waals surface area contributed by atoms with Crippen molar-refractivity contribution in [2.75, 3.05) is 31.7 Å². The van der Waals surface area contributed by atoms with E-state index in [1.807, 2.05) is 27.7 Å². The summed E-state index contributed by atoms with van der Waals surface area (Å²) < 4.78 is 22.9. The first-order valence-electron chi connectivity index (χ1n) is 5.86. The lowest BCUT2D eigenvalue weighted by atomic mass is 10.3. The van der Waals surface area contributed by atoms with Crippen molar-refractivity contribution < 1.29 is 13.6 Å². The van der Waals surface area contributed by atoms with Gasteiger partial charge in [0.2, 0.25) is 0 Å². The maximum atomic E-state index is 12.4. The van der Waals surface area contributed by atoms with Crippen LogP contribution in [0.4, 0.5) is 0 Å². The van der Waals surface area contributed by atoms with E-state index in [0.29, 0.717) is 25.9 Å². The fourth-order valence-electron chi connectivity index (χ4n) is 1.23. The van der Waals surface area contributed by atoms with E-state index in [4.69, 9.17) is 14.8 Å². The van der Waals surface area contributed by atoms with E-state index in [0.717, 1.165) is 16.2 Å². The van der Waals surface area contributed by atoms with Crippen molar-refractivity contribution in [3.8, 4) is 0 Å². The highest BCUT2D eigenvalue weighted by molar-refractivity contribution is 8.03. The van der Waals surface area contributed by atoms with Crippen molar-refractivity contribution in [2.45, 2.75) is 27.7 Å². The van der Waals surface area contributed by atoms with Gasteiger partial charge in [-0.2, -0.15) is 0 Å². The second-order valence-electron chi connectivity index (χ2n) is 3.66. The van der Waals surface area contributed by atoms with Crippen LogP contribution in [0, 0.1) is 0 Å². The van der Waals surface area contributed by atoms with E-state index in [1.54, 1.807) is 11.8 Å². The molecule has 0 aromatic carbocycles. The van der Waals surface area contributed by atoms with Gasteiger partial charge in [0, 0.05) is 12.3 Å². The zero-order valence-electron chi connectivity index (χ0n) is 11.2. The Bertz CT molecular complexity index is 280. The molecule has 2 N–H and O–H groups in total. The molecule has 0 aromatic heterocycles. The molecule has 0 unspecified atom stereocenters. The number of hydrogen-bond donors (Lipinski definition) is 1. The second kappa shape index (κ2) is 9.17. The first kappa shape index (κ1) is 17.2. The molecular weight excluding hydrogens is 257 g/mol. The van der Waals surface area contributed by atoms with Gasteiger partial charge in [0.05, 0.1) is 19.4 Å². The van der Waals surface area contributed by atoms with Crippen molar-refractivity contribution in [2.24, 2.45) is 5.73 Å². The van der Waals surface area contributed by atoms with E-state index < -0.39 is 7.60 Å². The van der Waals surface area contributed by atoms with Gasteiger partial charge in [0.15, 0.2) is 0 Å². The highest BCUT2D eigenvalue weighted by Gasteiger charge is 2.25. The van der Waals surface area contributed by atoms with Crippen molar-refractivity contribution in [3.05, 3.63) is 10.5 Å². The lowest BCUT2D eigenvalue weighted by Crippen LogP contribution is -2.05. The van der Waals surface area contributed by atoms with Crippen LogP contribution in [0.3, 0.4) is 0 Å². The van der Waals surface area contributed by atoms with E-state index in [1.165, 1.54) is 0 Å². The van der Waals surface area contributed by atoms with Crippen LogP contribution < -0.4 is 5.73 Å². The maximum Gasteiger partial charge on any atom is 0.335 e. The van der Waals surface area contributed by atoms with Crippen LogP contribution in [0.1, 0.15) is 27.7 Å². The molecule has 0 spiro atoms. The van der Waals surface area contributed by atoms with Gasteiger partial charge in [-0.3, -0.25) is 4.57 Å². The van der Waals surface area contributed by atoms with Gasteiger partial charge in [-0.15, -0.1) is 11.8 Å². The Kier molecular flexibility index (Phi) is 9.28. The fraction of sp³-hybridized carbons (Fsp3) is 0.818. The Labute approximate surface area is 109 Å². The molecule has 0 aromatic rings. The average Bonchev–Trinajstić information content (AvgIpc) is 2.24. The lowest BCUT2D eigenvalue weighted by molar-refractivity contribution is 0.222. The molecule has 17 heavy (non-hydrogen) atoms. The van der Waals surface area contributed by atoms with Crippen LogP contribution in [0.15, 0.2) is 10.5 Å². The van der Waals surface area contributed by atoms with Crippen LogP contribution in [0.25, 0.3) is 0 Å². The summed E-state index contributed by atoms with van der Waals surface area (Å²) in [6.07, 6.45) is 0.349. The SMILES string of the molecule is CCOP(=O)(CC(SCCN)=C(C)C)OCC. The first-order chi connectivity index (χ1) is 7.99. The molecule has 0 rings (SSSR count). The molecule has 0 saturated carbocycles. The van der Waals surface area contributed by atoms with Crippen LogP contribution >= 0.6 is 19.4 Å². The smallest absolute Gasteiger partial charge is 0.330 e. The molecule has 102 valence electrons. The Hall–Kier alpha value is 0.200. The summed E-state index contributed by atoms with van der Waals surface area (Å²) >= 11 is 1.63. The van der Waals surface area contributed by atoms with Gasteiger partial charge in [0.1, 0.15) is 0 Å². The van der Waals surface area contributed by atoms with Crippen molar-refractivity contribution in [1.82, 2.24) is 0 Å². The van der Waals surface area contributed by atoms with Gasteiger partial charge in [-0.25, -0.2) is 0 Å². The monoisotopic (exact) mass is 281 g/mol. The lowest BCUT2D eigenvalue weighted by Gasteiger charge is -2.19. The molecule has 0 bridgehead atoms. The zero-order valence-corrected chi connectivity index (χ0v) is 12.9. The summed E-state index contributed by atoms with van der Waals surface area (Å²) in [6, 6.07) is 0. The third-order valence-corrected chi connectivity index (χ3v) is 5.50. The van der Waals surface area contributed by atoms with Gasteiger partial charge in [-0.1, -0.05) is 5.57 Å². The minimum Gasteiger partial charge on any atom is -0.330 e. The molecule has 0 radical (unpaired) electrons. The molecule has 6 heteroatoms. The van der Waals surface area contributed by atoms with E-state index in [9.17, 15) is 4.57 Å². The Balaban J connectivity index is 4.69. The summed E-state index contributed by atoms with van der Waals surface area (Å²) in [5.41, 5.74) is 6.62. The molecule has 0 heterocycles. The van der Waals surface area contributed by atoms with Crippen molar-refractivity contribution in [3.63, 3.8) is 0 Å². The highest BCUT2D eigenvalue weighted by atomic mass is 32.2. The quantitative estimate of drug-likeness (QED) is 0.657. The molecule has 4 nitrogen and oxygen atoms in total. The summed E-state index contributed by atoms with van der Waals surface area (Å²) in [4.78, 5) is 1.06. The minimum absolute atomic E-state index is 0.349. The minimum atomic E-state index is -2.99. The fourth-order valence-corrected chi connectivity index (χ4v) is 4.43. The number of thioether (sulfide) groups is 1. The average molecular weight is 281 g/mol. The molecule has 0 aliphatic carbocycles. The van der Waals surface area contributed by atoms with Crippen molar-refractivity contribution >= 4 is 19.4 Å². The Morgan fingerprint density at radius 3 is 2.12 bits per heavy atom. The summed E-state index contributed by atoms with van der Waals surface area (Å²) in [5, 5.41) is 0. The predicted octanol–water partition coefficient (Wildman–Crippen LogP) is 3.24. The molecule has 0 fully saturated rings. The first-order valence-corrected chi connectivity index (χ1v) is 8.57. The van der Waals surface area contributed by atoms with Gasteiger partial charge in [0.25, 0.3) is 0 Å². The second-order valence-corrected chi connectivity index (χ2v) is 6.91. The molecule has 0 saturated heterocycles. The zero-order chi connectivity index (χ0) is 13.3. The topological polar surface area (TPSA) is 61.5 Å². The summed E-state index contributed by atoms with van der Waals surface area (Å²) in [6.45, 7) is 9.04. The molecule has 0 aliphatic heterocycles. The number of allylic oxidation sites excluding steroid dienone is 2. The van der Waals surface area contributed by atoms with E-state index in [2.05, 4.69) is 0 Å². The summed E-state index contributed by atoms with van der Waals surface area (Å²) in [7, 11) is -2.99. The van der Waals surface area contributed by atoms with Crippen LogP contribution in [0.5, 0.6) is 0 Å². The number of hydrogen-bond acceptors (Lipinski definition) is 5. The van der Waals surface area contributed by atoms with E-state index in [-0.39, 0.29) is 0 Å². The number of nitrogens with two attached hydrogens (primary N) is 1. The van der Waals surface area contributed by atoms with Crippen LogP contribution in [-0.2, 0) is 13.6 Å². The normalized spacial score (nSPS) is 11.6. The van der Waals surface area contributed by atoms with Gasteiger partial charge in [-0.05, 0) is 32.6 Å². The van der Waals surface area contributed by atoms with Gasteiger partial charge < -0.3 is 14.8 Å². The highest BCUT2D eigenvalue weighted by Crippen LogP contribution is 2.51. The third-order valence-electron chi connectivity index (χ3n) is 1.94. The molecular formula is C11H24NO3PS. The summed E-state index contributed by atoms with van der Waals surface area (Å²) in [5.74, 6) is 0.818. The van der Waals surface area contributed by atoms with Crippen LogP contribution in [-0.4, -0.2) is 31.7 Å². The number of rotatable bonds is 9.